The molecule has 1 aromatic carbocycles. The van der Waals surface area contributed by atoms with Crippen molar-refractivity contribution in [2.75, 3.05) is 12.3 Å². The molecule has 3 nitrogen and oxygen atoms in total. The Hall–Kier alpha value is -1.51. The summed E-state index contributed by atoms with van der Waals surface area (Å²) < 4.78 is 5.36. The van der Waals surface area contributed by atoms with E-state index < -0.39 is 0 Å². The number of hydrogen-bond acceptors (Lipinski definition) is 3. The van der Waals surface area contributed by atoms with Gasteiger partial charge in [0.2, 0.25) is 0 Å². The SMILES string of the molecule is CCOc1cc(C)cc(N)c1C(C)=O. The minimum atomic E-state index is -0.0639. The van der Waals surface area contributed by atoms with Gasteiger partial charge in [-0.2, -0.15) is 0 Å². The fraction of sp³-hybridized carbons (Fsp3) is 0.364. The van der Waals surface area contributed by atoms with E-state index in [0.717, 1.165) is 5.56 Å². The van der Waals surface area contributed by atoms with Crippen molar-refractivity contribution in [1.29, 1.82) is 0 Å². The standard InChI is InChI=1S/C11H15NO2/c1-4-14-10-6-7(2)5-9(12)11(10)8(3)13/h5-6H,4,12H2,1-3H3. The number of carbonyl (C=O) groups is 1. The van der Waals surface area contributed by atoms with Crippen LogP contribution in [0.2, 0.25) is 0 Å². The molecule has 2 N–H and O–H groups in total. The van der Waals surface area contributed by atoms with Crippen LogP contribution in [0.5, 0.6) is 5.75 Å². The lowest BCUT2D eigenvalue weighted by molar-refractivity contribution is 0.101. The highest BCUT2D eigenvalue weighted by Gasteiger charge is 2.12. The molecule has 14 heavy (non-hydrogen) atoms. The van der Waals surface area contributed by atoms with Gasteiger partial charge in [-0.05, 0) is 38.5 Å². The molecular formula is C11H15NO2. The van der Waals surface area contributed by atoms with E-state index in [1.165, 1.54) is 6.92 Å². The fourth-order valence-corrected chi connectivity index (χ4v) is 1.43. The summed E-state index contributed by atoms with van der Waals surface area (Å²) in [6.45, 7) is 5.82. The maximum Gasteiger partial charge on any atom is 0.165 e. The molecule has 76 valence electrons. The molecule has 3 heteroatoms. The van der Waals surface area contributed by atoms with Gasteiger partial charge in [0.15, 0.2) is 5.78 Å². The van der Waals surface area contributed by atoms with E-state index in [4.69, 9.17) is 10.5 Å². The van der Waals surface area contributed by atoms with Crippen LogP contribution in [-0.4, -0.2) is 12.4 Å². The van der Waals surface area contributed by atoms with Crippen molar-refractivity contribution in [3.05, 3.63) is 23.3 Å². The molecule has 0 aliphatic carbocycles. The van der Waals surface area contributed by atoms with Gasteiger partial charge in [0.25, 0.3) is 0 Å². The van der Waals surface area contributed by atoms with Crippen LogP contribution in [0, 0.1) is 6.92 Å². The first-order chi connectivity index (χ1) is 6.56. The zero-order valence-corrected chi connectivity index (χ0v) is 8.76. The van der Waals surface area contributed by atoms with Crippen molar-refractivity contribution >= 4 is 11.5 Å². The number of nitrogen functional groups attached to an aromatic ring is 1. The number of ether oxygens (including phenoxy) is 1. The van der Waals surface area contributed by atoms with Crippen LogP contribution in [-0.2, 0) is 0 Å². The Labute approximate surface area is 83.9 Å². The van der Waals surface area contributed by atoms with Gasteiger partial charge in [0.1, 0.15) is 5.75 Å². The Kier molecular flexibility index (Phi) is 3.12. The smallest absolute Gasteiger partial charge is 0.165 e. The molecule has 0 aliphatic heterocycles. The lowest BCUT2D eigenvalue weighted by Crippen LogP contribution is -2.05. The zero-order chi connectivity index (χ0) is 10.7. The summed E-state index contributed by atoms with van der Waals surface area (Å²) in [5, 5.41) is 0. The average molecular weight is 193 g/mol. The fourth-order valence-electron chi connectivity index (χ4n) is 1.43. The number of Topliss-reactive ketones (excluding diaryl/α,β-unsaturated/α-hetero) is 1. The third-order valence-electron chi connectivity index (χ3n) is 1.93. The number of ketones is 1. The van der Waals surface area contributed by atoms with Crippen molar-refractivity contribution in [1.82, 2.24) is 0 Å². The molecule has 1 aromatic rings. The molecular weight excluding hydrogens is 178 g/mol. The summed E-state index contributed by atoms with van der Waals surface area (Å²) in [5.74, 6) is 0.517. The van der Waals surface area contributed by atoms with E-state index in [1.807, 2.05) is 19.9 Å². The Morgan fingerprint density at radius 2 is 2.14 bits per heavy atom. The van der Waals surface area contributed by atoms with E-state index in [1.54, 1.807) is 6.07 Å². The van der Waals surface area contributed by atoms with Gasteiger partial charge in [-0.3, -0.25) is 4.79 Å². The summed E-state index contributed by atoms with van der Waals surface area (Å²) >= 11 is 0. The number of aryl methyl sites for hydroxylation is 1. The lowest BCUT2D eigenvalue weighted by Gasteiger charge is -2.11. The van der Waals surface area contributed by atoms with Crippen LogP contribution in [0.25, 0.3) is 0 Å². The molecule has 0 saturated heterocycles. The summed E-state index contributed by atoms with van der Waals surface area (Å²) in [6.07, 6.45) is 0. The average Bonchev–Trinajstić information content (AvgIpc) is 2.01. The number of nitrogens with two attached hydrogens (primary N) is 1. The van der Waals surface area contributed by atoms with E-state index in [2.05, 4.69) is 0 Å². The molecule has 0 bridgehead atoms. The van der Waals surface area contributed by atoms with Crippen LogP contribution in [0.1, 0.15) is 29.8 Å². The van der Waals surface area contributed by atoms with Gasteiger partial charge >= 0.3 is 0 Å². The van der Waals surface area contributed by atoms with E-state index in [9.17, 15) is 4.79 Å². The molecule has 0 aromatic heterocycles. The van der Waals surface area contributed by atoms with Crippen molar-refractivity contribution in [3.63, 3.8) is 0 Å². The van der Waals surface area contributed by atoms with E-state index >= 15 is 0 Å². The Balaban J connectivity index is 3.28. The van der Waals surface area contributed by atoms with Crippen LogP contribution < -0.4 is 10.5 Å². The van der Waals surface area contributed by atoms with Gasteiger partial charge in [-0.15, -0.1) is 0 Å². The number of hydrogen-bond donors (Lipinski definition) is 1. The largest absolute Gasteiger partial charge is 0.493 e. The summed E-state index contributed by atoms with van der Waals surface area (Å²) in [5.41, 5.74) is 7.72. The minimum Gasteiger partial charge on any atom is -0.493 e. The Morgan fingerprint density at radius 1 is 1.50 bits per heavy atom. The maximum absolute atomic E-state index is 11.3. The molecule has 0 heterocycles. The summed E-state index contributed by atoms with van der Waals surface area (Å²) in [6, 6.07) is 3.61. The van der Waals surface area contributed by atoms with Crippen LogP contribution in [0.4, 0.5) is 5.69 Å². The van der Waals surface area contributed by atoms with Gasteiger partial charge in [-0.25, -0.2) is 0 Å². The predicted octanol–water partition coefficient (Wildman–Crippen LogP) is 2.18. The predicted molar refractivity (Wildman–Crippen MR) is 56.8 cm³/mol. The Bertz CT molecular complexity index is 359. The first-order valence-electron chi connectivity index (χ1n) is 4.60. The zero-order valence-electron chi connectivity index (χ0n) is 8.76. The molecule has 0 radical (unpaired) electrons. The van der Waals surface area contributed by atoms with Gasteiger partial charge in [0.05, 0.1) is 12.2 Å². The van der Waals surface area contributed by atoms with Crippen molar-refractivity contribution in [2.45, 2.75) is 20.8 Å². The quantitative estimate of drug-likeness (QED) is 0.591. The van der Waals surface area contributed by atoms with Gasteiger partial charge < -0.3 is 10.5 Å². The third kappa shape index (κ3) is 2.05. The minimum absolute atomic E-state index is 0.0639. The van der Waals surface area contributed by atoms with Gasteiger partial charge in [0, 0.05) is 5.69 Å². The van der Waals surface area contributed by atoms with Crippen LogP contribution >= 0.6 is 0 Å². The van der Waals surface area contributed by atoms with E-state index in [-0.39, 0.29) is 5.78 Å². The first kappa shape index (κ1) is 10.6. The molecule has 0 saturated carbocycles. The molecule has 0 unspecified atom stereocenters. The van der Waals surface area contributed by atoms with Gasteiger partial charge in [-0.1, -0.05) is 0 Å². The highest BCUT2D eigenvalue weighted by Crippen LogP contribution is 2.27. The molecule has 0 fully saturated rings. The number of benzene rings is 1. The van der Waals surface area contributed by atoms with Crippen LogP contribution in [0.15, 0.2) is 12.1 Å². The second-order valence-corrected chi connectivity index (χ2v) is 3.22. The maximum atomic E-state index is 11.3. The van der Waals surface area contributed by atoms with Crippen molar-refractivity contribution in [3.8, 4) is 5.75 Å². The molecule has 0 spiro atoms. The molecule has 0 atom stereocenters. The second kappa shape index (κ2) is 4.13. The Morgan fingerprint density at radius 3 is 2.64 bits per heavy atom. The summed E-state index contributed by atoms with van der Waals surface area (Å²) in [4.78, 5) is 11.3. The van der Waals surface area contributed by atoms with Crippen molar-refractivity contribution < 1.29 is 9.53 Å². The third-order valence-corrected chi connectivity index (χ3v) is 1.93. The molecule has 0 amide bonds. The molecule has 1 rings (SSSR count). The monoisotopic (exact) mass is 193 g/mol. The molecule has 0 aliphatic rings. The topological polar surface area (TPSA) is 52.3 Å². The number of rotatable bonds is 3. The highest BCUT2D eigenvalue weighted by atomic mass is 16.5. The normalized spacial score (nSPS) is 9.93. The number of carbonyl (C=O) groups excluding carboxylic acids is 1. The summed E-state index contributed by atoms with van der Waals surface area (Å²) in [7, 11) is 0. The highest BCUT2D eigenvalue weighted by molar-refractivity contribution is 6.01. The number of anilines is 1. The second-order valence-electron chi connectivity index (χ2n) is 3.22. The lowest BCUT2D eigenvalue weighted by atomic mass is 10.1. The van der Waals surface area contributed by atoms with Crippen LogP contribution in [0.3, 0.4) is 0 Å². The van der Waals surface area contributed by atoms with Crippen molar-refractivity contribution in [2.24, 2.45) is 0 Å². The first-order valence-corrected chi connectivity index (χ1v) is 4.60. The van der Waals surface area contributed by atoms with E-state index in [0.29, 0.717) is 23.6 Å².